The molecule has 132 valence electrons. The van der Waals surface area contributed by atoms with Gasteiger partial charge >= 0.3 is 5.97 Å². The summed E-state index contributed by atoms with van der Waals surface area (Å²) in [6, 6.07) is 4.35. The first-order chi connectivity index (χ1) is 11.3. The van der Waals surface area contributed by atoms with Crippen LogP contribution in [0.15, 0.2) is 16.6 Å². The Kier molecular flexibility index (Phi) is 5.05. The molecule has 0 saturated carbocycles. The zero-order valence-electron chi connectivity index (χ0n) is 14.7. The second-order valence-electron chi connectivity index (χ2n) is 7.34. The summed E-state index contributed by atoms with van der Waals surface area (Å²) in [4.78, 5) is 11.5. The van der Waals surface area contributed by atoms with Crippen molar-refractivity contribution < 1.29 is 19.0 Å². The fraction of sp³-hybridized carbons (Fsp3) is 0.632. The highest BCUT2D eigenvalue weighted by Crippen LogP contribution is 2.47. The highest BCUT2D eigenvalue weighted by molar-refractivity contribution is 9.10. The van der Waals surface area contributed by atoms with E-state index in [0.29, 0.717) is 19.1 Å². The van der Waals surface area contributed by atoms with Gasteiger partial charge in [0.2, 0.25) is 0 Å². The van der Waals surface area contributed by atoms with E-state index in [-0.39, 0.29) is 23.8 Å². The first-order valence-corrected chi connectivity index (χ1v) is 9.34. The summed E-state index contributed by atoms with van der Waals surface area (Å²) >= 11 is 3.69. The zero-order chi connectivity index (χ0) is 17.5. The zero-order valence-corrected chi connectivity index (χ0v) is 16.3. The molecule has 1 fully saturated rings. The highest BCUT2D eigenvalue weighted by atomic mass is 79.9. The minimum Gasteiger partial charge on any atom is -0.462 e. The first kappa shape index (κ1) is 17.9. The molecule has 4 nitrogen and oxygen atoms in total. The Balaban J connectivity index is 2.03. The topological polar surface area (TPSA) is 44.8 Å². The molecule has 0 amide bonds. The van der Waals surface area contributed by atoms with Crippen molar-refractivity contribution in [3.05, 3.63) is 33.3 Å². The van der Waals surface area contributed by atoms with Crippen LogP contribution in [0.3, 0.4) is 0 Å². The van der Waals surface area contributed by atoms with Crippen LogP contribution in [0.1, 0.15) is 69.4 Å². The van der Waals surface area contributed by atoms with E-state index in [1.165, 1.54) is 18.1 Å². The van der Waals surface area contributed by atoms with Gasteiger partial charge in [-0.25, -0.2) is 0 Å². The molecule has 0 spiro atoms. The van der Waals surface area contributed by atoms with E-state index in [2.05, 4.69) is 48.8 Å². The maximum absolute atomic E-state index is 11.5. The number of carbonyl (C=O) groups excluding carboxylic acids is 1. The van der Waals surface area contributed by atoms with Crippen molar-refractivity contribution in [3.63, 3.8) is 0 Å². The fourth-order valence-electron chi connectivity index (χ4n) is 3.73. The molecular formula is C19H25BrO4. The Bertz CT molecular complexity index is 634. The van der Waals surface area contributed by atoms with E-state index in [0.717, 1.165) is 22.9 Å². The number of ether oxygens (including phenoxy) is 3. The molecule has 1 aromatic rings. The number of rotatable bonds is 2. The fourth-order valence-corrected chi connectivity index (χ4v) is 4.28. The van der Waals surface area contributed by atoms with Gasteiger partial charge < -0.3 is 14.2 Å². The summed E-state index contributed by atoms with van der Waals surface area (Å²) in [6.07, 6.45) is 1.30. The summed E-state index contributed by atoms with van der Waals surface area (Å²) in [5.41, 5.74) is 3.27. The van der Waals surface area contributed by atoms with E-state index in [1.54, 1.807) is 0 Å². The van der Waals surface area contributed by atoms with E-state index in [9.17, 15) is 4.79 Å². The molecule has 0 bridgehead atoms. The number of hydrogen-bond acceptors (Lipinski definition) is 4. The number of carbonyl (C=O) groups is 1. The molecule has 2 aliphatic rings. The lowest BCUT2D eigenvalue weighted by molar-refractivity contribution is -0.183. The van der Waals surface area contributed by atoms with E-state index < -0.39 is 0 Å². The quantitative estimate of drug-likeness (QED) is 0.685. The standard InChI is InChI=1S/C19H25BrO4/c1-11-8-17(24-12(2)21)19(3,4)15-9-14(16(20)10-13(11)15)18-22-6-5-7-23-18/h9-11,17-18H,5-8H2,1-4H3. The Morgan fingerprint density at radius 1 is 1.25 bits per heavy atom. The minimum atomic E-state index is -0.335. The van der Waals surface area contributed by atoms with Gasteiger partial charge in [0, 0.05) is 22.4 Å². The summed E-state index contributed by atoms with van der Waals surface area (Å²) in [6.45, 7) is 9.38. The Labute approximate surface area is 152 Å². The Morgan fingerprint density at radius 2 is 1.92 bits per heavy atom. The average molecular weight is 397 g/mol. The summed E-state index contributed by atoms with van der Waals surface area (Å²) in [5, 5.41) is 0. The monoisotopic (exact) mass is 396 g/mol. The predicted octanol–water partition coefficient (Wildman–Crippen LogP) is 4.60. The van der Waals surface area contributed by atoms with Gasteiger partial charge in [0.25, 0.3) is 0 Å². The maximum atomic E-state index is 11.5. The lowest BCUT2D eigenvalue weighted by Crippen LogP contribution is -2.42. The lowest BCUT2D eigenvalue weighted by atomic mass is 9.67. The van der Waals surface area contributed by atoms with Crippen molar-refractivity contribution in [2.24, 2.45) is 0 Å². The lowest BCUT2D eigenvalue weighted by Gasteiger charge is -2.43. The van der Waals surface area contributed by atoms with Crippen LogP contribution in [0, 0.1) is 0 Å². The molecule has 1 aromatic carbocycles. The van der Waals surface area contributed by atoms with Crippen molar-refractivity contribution in [3.8, 4) is 0 Å². The van der Waals surface area contributed by atoms with Crippen LogP contribution in [0.4, 0.5) is 0 Å². The van der Waals surface area contributed by atoms with Crippen molar-refractivity contribution in [1.82, 2.24) is 0 Å². The molecule has 2 unspecified atom stereocenters. The van der Waals surface area contributed by atoms with E-state index in [1.807, 2.05) is 0 Å². The van der Waals surface area contributed by atoms with Crippen LogP contribution in [-0.2, 0) is 24.4 Å². The molecule has 3 rings (SSSR count). The number of benzene rings is 1. The van der Waals surface area contributed by atoms with Crippen LogP contribution in [0.2, 0.25) is 0 Å². The van der Waals surface area contributed by atoms with E-state index >= 15 is 0 Å². The third kappa shape index (κ3) is 3.26. The van der Waals surface area contributed by atoms with Crippen LogP contribution < -0.4 is 0 Å². The van der Waals surface area contributed by atoms with Crippen molar-refractivity contribution in [2.75, 3.05) is 13.2 Å². The largest absolute Gasteiger partial charge is 0.462 e. The summed E-state index contributed by atoms with van der Waals surface area (Å²) < 4.78 is 18.2. The summed E-state index contributed by atoms with van der Waals surface area (Å²) in [7, 11) is 0. The molecule has 1 saturated heterocycles. The normalized spacial score (nSPS) is 26.7. The third-order valence-corrected chi connectivity index (χ3v) is 5.84. The molecule has 1 heterocycles. The number of halogens is 1. The van der Waals surface area contributed by atoms with Gasteiger partial charge in [0.1, 0.15) is 6.10 Å². The van der Waals surface area contributed by atoms with Gasteiger partial charge in [-0.05, 0) is 42.0 Å². The summed E-state index contributed by atoms with van der Waals surface area (Å²) in [5.74, 6) is 0.107. The van der Waals surface area contributed by atoms with Crippen molar-refractivity contribution in [1.29, 1.82) is 0 Å². The Morgan fingerprint density at radius 3 is 2.54 bits per heavy atom. The number of esters is 1. The molecule has 1 aliphatic heterocycles. The van der Waals surface area contributed by atoms with Crippen molar-refractivity contribution >= 4 is 21.9 Å². The molecule has 24 heavy (non-hydrogen) atoms. The van der Waals surface area contributed by atoms with Gasteiger partial charge in [-0.1, -0.05) is 36.7 Å². The van der Waals surface area contributed by atoms with Gasteiger partial charge in [0.15, 0.2) is 6.29 Å². The van der Waals surface area contributed by atoms with Gasteiger partial charge in [-0.15, -0.1) is 0 Å². The molecule has 0 N–H and O–H groups in total. The molecule has 5 heteroatoms. The number of fused-ring (bicyclic) bond motifs is 1. The second kappa shape index (κ2) is 6.77. The average Bonchev–Trinajstić information content (AvgIpc) is 2.53. The maximum Gasteiger partial charge on any atom is 0.302 e. The Hall–Kier alpha value is -0.910. The highest BCUT2D eigenvalue weighted by Gasteiger charge is 2.42. The van der Waals surface area contributed by atoms with Crippen LogP contribution in [-0.4, -0.2) is 25.3 Å². The molecule has 2 atom stereocenters. The van der Waals surface area contributed by atoms with Gasteiger partial charge in [0.05, 0.1) is 13.2 Å². The van der Waals surface area contributed by atoms with Crippen molar-refractivity contribution in [2.45, 2.75) is 64.3 Å². The van der Waals surface area contributed by atoms with Crippen LogP contribution in [0.25, 0.3) is 0 Å². The molecular weight excluding hydrogens is 372 g/mol. The molecule has 0 radical (unpaired) electrons. The minimum absolute atomic E-state index is 0.125. The predicted molar refractivity (Wildman–Crippen MR) is 95.0 cm³/mol. The third-order valence-electron chi connectivity index (χ3n) is 5.16. The van der Waals surface area contributed by atoms with Crippen LogP contribution >= 0.6 is 15.9 Å². The first-order valence-electron chi connectivity index (χ1n) is 8.55. The molecule has 1 aliphatic carbocycles. The molecule has 0 aromatic heterocycles. The van der Waals surface area contributed by atoms with Crippen LogP contribution in [0.5, 0.6) is 0 Å². The smallest absolute Gasteiger partial charge is 0.302 e. The van der Waals surface area contributed by atoms with E-state index in [4.69, 9.17) is 14.2 Å². The van der Waals surface area contributed by atoms with Gasteiger partial charge in [-0.2, -0.15) is 0 Å². The van der Waals surface area contributed by atoms with Gasteiger partial charge in [-0.3, -0.25) is 4.79 Å². The number of hydrogen-bond donors (Lipinski definition) is 0. The second-order valence-corrected chi connectivity index (χ2v) is 8.20. The SMILES string of the molecule is CC(=O)OC1CC(C)c2cc(Br)c(C3OCCCO3)cc2C1(C)C.